The quantitative estimate of drug-likeness (QED) is 0.577. The van der Waals surface area contributed by atoms with E-state index in [2.05, 4.69) is 15.0 Å². The third-order valence-electron chi connectivity index (χ3n) is 3.16. The first-order valence-electron chi connectivity index (χ1n) is 6.24. The summed E-state index contributed by atoms with van der Waals surface area (Å²) < 4.78 is 13.2. The number of anilines is 1. The molecule has 3 heterocycles. The summed E-state index contributed by atoms with van der Waals surface area (Å²) in [5, 5.41) is 0.633. The van der Waals surface area contributed by atoms with Gasteiger partial charge in [-0.1, -0.05) is 0 Å². The van der Waals surface area contributed by atoms with Crippen LogP contribution in [-0.2, 0) is 0 Å². The van der Waals surface area contributed by atoms with E-state index >= 15 is 0 Å². The van der Waals surface area contributed by atoms with Gasteiger partial charge in [0.05, 0.1) is 5.69 Å². The number of carbonyl (C=O) groups excluding carboxylic acids is 1. The molecule has 0 spiro atoms. The molecular formula is C15H11FN4O. The molecule has 0 aliphatic rings. The first-order chi connectivity index (χ1) is 10.1. The highest BCUT2D eigenvalue weighted by atomic mass is 19.1. The monoisotopic (exact) mass is 282 g/mol. The van der Waals surface area contributed by atoms with Gasteiger partial charge in [0.15, 0.2) is 5.78 Å². The first-order valence-corrected chi connectivity index (χ1v) is 6.24. The average Bonchev–Trinajstić information content (AvgIpc) is 2.47. The number of Topliss-reactive ketones (excluding diaryl/α,β-unsaturated/α-hetero) is 1. The van der Waals surface area contributed by atoms with Crippen molar-refractivity contribution in [3.8, 4) is 11.3 Å². The van der Waals surface area contributed by atoms with Crippen LogP contribution < -0.4 is 5.73 Å². The van der Waals surface area contributed by atoms with Crippen LogP contribution in [0.2, 0.25) is 0 Å². The Bertz CT molecular complexity index is 863. The van der Waals surface area contributed by atoms with Crippen molar-refractivity contribution in [2.45, 2.75) is 6.92 Å². The first kappa shape index (κ1) is 13.1. The number of halogens is 1. The molecule has 0 saturated heterocycles. The predicted octanol–water partition coefficient (Wildman–Crippen LogP) is 2.62. The minimum absolute atomic E-state index is 0.114. The normalized spacial score (nSPS) is 10.8. The molecule has 0 aliphatic heterocycles. The van der Waals surface area contributed by atoms with Crippen LogP contribution in [0.3, 0.4) is 0 Å². The van der Waals surface area contributed by atoms with Gasteiger partial charge in [0, 0.05) is 35.0 Å². The summed E-state index contributed by atoms with van der Waals surface area (Å²) in [5.74, 6) is -0.471. The molecular weight excluding hydrogens is 271 g/mol. The Morgan fingerprint density at radius 3 is 2.76 bits per heavy atom. The highest BCUT2D eigenvalue weighted by Crippen LogP contribution is 2.25. The van der Waals surface area contributed by atoms with Crippen LogP contribution in [-0.4, -0.2) is 20.7 Å². The molecule has 0 aromatic carbocycles. The summed E-state index contributed by atoms with van der Waals surface area (Å²) in [7, 11) is 0. The Hall–Kier alpha value is -2.89. The summed E-state index contributed by atoms with van der Waals surface area (Å²) >= 11 is 0. The lowest BCUT2D eigenvalue weighted by molar-refractivity contribution is 0.101. The number of hydrogen-bond acceptors (Lipinski definition) is 5. The Morgan fingerprint density at radius 1 is 1.24 bits per heavy atom. The molecule has 3 aromatic heterocycles. The van der Waals surface area contributed by atoms with Crippen molar-refractivity contribution in [3.05, 3.63) is 48.2 Å². The molecule has 0 amide bonds. The number of pyridine rings is 3. The maximum absolute atomic E-state index is 13.2. The fourth-order valence-electron chi connectivity index (χ4n) is 2.14. The van der Waals surface area contributed by atoms with Gasteiger partial charge in [-0.05, 0) is 25.1 Å². The second-order valence-corrected chi connectivity index (χ2v) is 4.57. The molecule has 0 unspecified atom stereocenters. The van der Waals surface area contributed by atoms with Gasteiger partial charge in [0.25, 0.3) is 0 Å². The van der Waals surface area contributed by atoms with Gasteiger partial charge in [-0.15, -0.1) is 0 Å². The van der Waals surface area contributed by atoms with Gasteiger partial charge in [0.1, 0.15) is 11.3 Å². The number of hydrogen-bond donors (Lipinski definition) is 1. The largest absolute Gasteiger partial charge is 0.382 e. The Balaban J connectivity index is 2.25. The van der Waals surface area contributed by atoms with Gasteiger partial charge in [-0.25, -0.2) is 15.0 Å². The smallest absolute Gasteiger partial charge is 0.213 e. The van der Waals surface area contributed by atoms with Crippen molar-refractivity contribution < 1.29 is 9.18 Å². The van der Waals surface area contributed by atoms with Crippen molar-refractivity contribution >= 4 is 22.5 Å². The van der Waals surface area contributed by atoms with E-state index in [-0.39, 0.29) is 11.6 Å². The van der Waals surface area contributed by atoms with E-state index in [4.69, 9.17) is 5.73 Å². The molecule has 0 aliphatic carbocycles. The highest BCUT2D eigenvalue weighted by Gasteiger charge is 2.12. The third-order valence-corrected chi connectivity index (χ3v) is 3.16. The van der Waals surface area contributed by atoms with E-state index in [0.717, 1.165) is 0 Å². The second-order valence-electron chi connectivity index (χ2n) is 4.57. The minimum Gasteiger partial charge on any atom is -0.382 e. The summed E-state index contributed by atoms with van der Waals surface area (Å²) in [4.78, 5) is 23.5. The second kappa shape index (κ2) is 4.90. The zero-order chi connectivity index (χ0) is 15.0. The number of nitrogens with zero attached hydrogens (tertiary/aromatic N) is 3. The zero-order valence-electron chi connectivity index (χ0n) is 11.2. The standard InChI is InChI=1S/C15H11FN4O/c1-8(21)11-7-19-15(17)14-10(11)2-3-12(20-14)9-4-5-18-13(16)6-9/h2-7H,1H3,(H2,17,19). The molecule has 0 radical (unpaired) electrons. The number of nitrogen functional groups attached to an aromatic ring is 1. The molecule has 104 valence electrons. The van der Waals surface area contributed by atoms with Gasteiger partial charge < -0.3 is 5.73 Å². The zero-order valence-corrected chi connectivity index (χ0v) is 11.2. The molecule has 3 rings (SSSR count). The van der Waals surface area contributed by atoms with Crippen molar-refractivity contribution in [1.29, 1.82) is 0 Å². The third kappa shape index (κ3) is 2.31. The molecule has 2 N–H and O–H groups in total. The number of carbonyl (C=O) groups is 1. The van der Waals surface area contributed by atoms with Crippen LogP contribution in [0.15, 0.2) is 36.7 Å². The van der Waals surface area contributed by atoms with Gasteiger partial charge in [-0.2, -0.15) is 4.39 Å². The van der Waals surface area contributed by atoms with E-state index < -0.39 is 5.95 Å². The molecule has 0 atom stereocenters. The Labute approximate surface area is 119 Å². The number of rotatable bonds is 2. The summed E-state index contributed by atoms with van der Waals surface area (Å²) in [5.41, 5.74) is 7.84. The topological polar surface area (TPSA) is 81.8 Å². The van der Waals surface area contributed by atoms with Crippen LogP contribution in [0.5, 0.6) is 0 Å². The molecule has 6 heteroatoms. The van der Waals surface area contributed by atoms with E-state index in [9.17, 15) is 9.18 Å². The van der Waals surface area contributed by atoms with Crippen LogP contribution in [0.1, 0.15) is 17.3 Å². The lowest BCUT2D eigenvalue weighted by Crippen LogP contribution is -2.01. The average molecular weight is 282 g/mol. The van der Waals surface area contributed by atoms with Gasteiger partial charge in [0.2, 0.25) is 5.95 Å². The number of fused-ring (bicyclic) bond motifs is 1. The number of aromatic nitrogens is 3. The maximum atomic E-state index is 13.2. The Kier molecular flexibility index (Phi) is 3.06. The lowest BCUT2D eigenvalue weighted by atomic mass is 10.1. The molecule has 0 fully saturated rings. The maximum Gasteiger partial charge on any atom is 0.213 e. The van der Waals surface area contributed by atoms with E-state index in [1.54, 1.807) is 18.2 Å². The summed E-state index contributed by atoms with van der Waals surface area (Å²) in [6.07, 6.45) is 2.80. The van der Waals surface area contributed by atoms with E-state index in [1.165, 1.54) is 25.4 Å². The van der Waals surface area contributed by atoms with Crippen molar-refractivity contribution in [1.82, 2.24) is 15.0 Å². The van der Waals surface area contributed by atoms with E-state index in [0.29, 0.717) is 27.7 Å². The summed E-state index contributed by atoms with van der Waals surface area (Å²) in [6, 6.07) is 6.38. The van der Waals surface area contributed by atoms with Crippen LogP contribution >= 0.6 is 0 Å². The number of ketones is 1. The molecule has 3 aromatic rings. The molecule has 0 bridgehead atoms. The molecule has 21 heavy (non-hydrogen) atoms. The van der Waals surface area contributed by atoms with Crippen molar-refractivity contribution in [3.63, 3.8) is 0 Å². The summed E-state index contributed by atoms with van der Waals surface area (Å²) in [6.45, 7) is 1.46. The van der Waals surface area contributed by atoms with Gasteiger partial charge >= 0.3 is 0 Å². The van der Waals surface area contributed by atoms with Crippen molar-refractivity contribution in [2.75, 3.05) is 5.73 Å². The fraction of sp³-hybridized carbons (Fsp3) is 0.0667. The minimum atomic E-state index is -0.585. The molecule has 5 nitrogen and oxygen atoms in total. The van der Waals surface area contributed by atoms with Crippen LogP contribution in [0.25, 0.3) is 22.2 Å². The van der Waals surface area contributed by atoms with Gasteiger partial charge in [-0.3, -0.25) is 4.79 Å². The highest BCUT2D eigenvalue weighted by molar-refractivity contribution is 6.08. The van der Waals surface area contributed by atoms with Crippen LogP contribution in [0.4, 0.5) is 10.2 Å². The predicted molar refractivity (Wildman–Crippen MR) is 77.1 cm³/mol. The number of nitrogens with two attached hydrogens (primary N) is 1. The van der Waals surface area contributed by atoms with Crippen LogP contribution in [0, 0.1) is 5.95 Å². The SMILES string of the molecule is CC(=O)c1cnc(N)c2nc(-c3ccnc(F)c3)ccc12. The van der Waals surface area contributed by atoms with E-state index in [1.807, 2.05) is 0 Å². The molecule has 0 saturated carbocycles. The Morgan fingerprint density at radius 2 is 2.05 bits per heavy atom. The lowest BCUT2D eigenvalue weighted by Gasteiger charge is -2.07. The van der Waals surface area contributed by atoms with Crippen molar-refractivity contribution in [2.24, 2.45) is 0 Å². The fourth-order valence-corrected chi connectivity index (χ4v) is 2.14.